The van der Waals surface area contributed by atoms with E-state index in [9.17, 15) is 4.79 Å². The predicted molar refractivity (Wildman–Crippen MR) is 64.2 cm³/mol. The second-order valence-corrected chi connectivity index (χ2v) is 5.40. The van der Waals surface area contributed by atoms with Crippen LogP contribution in [0.15, 0.2) is 24.3 Å². The standard InChI is InChI=1S/C15H18O/c1-10(11-6-7-11)15(16)14-8-12-4-2-3-5-13(12)9-14/h2-5,10-11,14H,6-9H2,1H3. The third kappa shape index (κ3) is 1.68. The van der Waals surface area contributed by atoms with Crippen molar-refractivity contribution < 1.29 is 4.79 Å². The Kier molecular flexibility index (Phi) is 2.34. The van der Waals surface area contributed by atoms with Crippen molar-refractivity contribution in [1.29, 1.82) is 0 Å². The monoisotopic (exact) mass is 214 g/mol. The third-order valence-corrected chi connectivity index (χ3v) is 4.23. The lowest BCUT2D eigenvalue weighted by Gasteiger charge is -2.14. The van der Waals surface area contributed by atoms with E-state index < -0.39 is 0 Å². The molecule has 16 heavy (non-hydrogen) atoms. The van der Waals surface area contributed by atoms with E-state index in [4.69, 9.17) is 0 Å². The average Bonchev–Trinajstić information content (AvgIpc) is 3.06. The first kappa shape index (κ1) is 10.1. The second-order valence-electron chi connectivity index (χ2n) is 5.40. The van der Waals surface area contributed by atoms with Gasteiger partial charge in [0, 0.05) is 11.8 Å². The number of carbonyl (C=O) groups excluding carboxylic acids is 1. The van der Waals surface area contributed by atoms with Crippen molar-refractivity contribution in [1.82, 2.24) is 0 Å². The smallest absolute Gasteiger partial charge is 0.139 e. The van der Waals surface area contributed by atoms with Gasteiger partial charge in [0.25, 0.3) is 0 Å². The first-order valence-corrected chi connectivity index (χ1v) is 6.36. The lowest BCUT2D eigenvalue weighted by molar-refractivity contribution is -0.126. The second kappa shape index (κ2) is 3.73. The molecule has 1 heteroatoms. The number of hydrogen-bond donors (Lipinski definition) is 0. The van der Waals surface area contributed by atoms with Crippen molar-refractivity contribution in [3.8, 4) is 0 Å². The van der Waals surface area contributed by atoms with Crippen molar-refractivity contribution in [2.75, 3.05) is 0 Å². The van der Waals surface area contributed by atoms with Gasteiger partial charge in [-0.25, -0.2) is 0 Å². The van der Waals surface area contributed by atoms with Gasteiger partial charge in [-0.05, 0) is 42.7 Å². The SMILES string of the molecule is CC(C(=O)C1Cc2ccccc2C1)C1CC1. The highest BCUT2D eigenvalue weighted by Gasteiger charge is 2.37. The summed E-state index contributed by atoms with van der Waals surface area (Å²) in [4.78, 5) is 12.3. The summed E-state index contributed by atoms with van der Waals surface area (Å²) in [5.74, 6) is 1.79. The minimum atomic E-state index is 0.271. The molecule has 1 aromatic carbocycles. The zero-order valence-electron chi connectivity index (χ0n) is 9.78. The van der Waals surface area contributed by atoms with E-state index in [1.165, 1.54) is 24.0 Å². The van der Waals surface area contributed by atoms with Crippen LogP contribution >= 0.6 is 0 Å². The molecule has 1 nitrogen and oxygen atoms in total. The molecule has 0 aliphatic heterocycles. The molecular weight excluding hydrogens is 196 g/mol. The van der Waals surface area contributed by atoms with Crippen molar-refractivity contribution >= 4 is 5.78 Å². The zero-order valence-corrected chi connectivity index (χ0v) is 9.78. The summed E-state index contributed by atoms with van der Waals surface area (Å²) in [5, 5.41) is 0. The molecule has 2 aliphatic carbocycles. The van der Waals surface area contributed by atoms with Crippen LogP contribution < -0.4 is 0 Å². The van der Waals surface area contributed by atoms with Crippen molar-refractivity contribution in [3.63, 3.8) is 0 Å². The first-order chi connectivity index (χ1) is 7.75. The molecule has 0 bridgehead atoms. The summed E-state index contributed by atoms with van der Waals surface area (Å²) in [6.45, 7) is 2.13. The van der Waals surface area contributed by atoms with Crippen molar-refractivity contribution in [3.05, 3.63) is 35.4 Å². The maximum atomic E-state index is 12.3. The Bertz CT molecular complexity index is 392. The number of carbonyl (C=O) groups is 1. The molecule has 0 heterocycles. The Morgan fingerprint density at radius 1 is 1.19 bits per heavy atom. The van der Waals surface area contributed by atoms with E-state index in [2.05, 4.69) is 31.2 Å². The normalized spacial score (nSPS) is 21.8. The van der Waals surface area contributed by atoms with E-state index in [0.717, 1.165) is 12.8 Å². The number of fused-ring (bicyclic) bond motifs is 1. The molecule has 1 saturated carbocycles. The van der Waals surface area contributed by atoms with Gasteiger partial charge >= 0.3 is 0 Å². The number of benzene rings is 1. The molecule has 0 radical (unpaired) electrons. The third-order valence-electron chi connectivity index (χ3n) is 4.23. The largest absolute Gasteiger partial charge is 0.299 e. The topological polar surface area (TPSA) is 17.1 Å². The molecule has 1 aromatic rings. The fourth-order valence-corrected chi connectivity index (χ4v) is 2.96. The molecule has 84 valence electrons. The van der Waals surface area contributed by atoms with Gasteiger partial charge in [-0.3, -0.25) is 4.79 Å². The molecule has 0 spiro atoms. The van der Waals surface area contributed by atoms with Gasteiger partial charge in [-0.1, -0.05) is 31.2 Å². The maximum absolute atomic E-state index is 12.3. The molecule has 3 rings (SSSR count). The fourth-order valence-electron chi connectivity index (χ4n) is 2.96. The molecule has 1 unspecified atom stereocenters. The van der Waals surface area contributed by atoms with Crippen LogP contribution in [0.3, 0.4) is 0 Å². The summed E-state index contributed by atoms with van der Waals surface area (Å²) < 4.78 is 0. The molecule has 0 saturated heterocycles. The summed E-state index contributed by atoms with van der Waals surface area (Å²) in [7, 11) is 0. The Balaban J connectivity index is 1.73. The van der Waals surface area contributed by atoms with Crippen LogP contribution in [-0.4, -0.2) is 5.78 Å². The lowest BCUT2D eigenvalue weighted by Crippen LogP contribution is -2.23. The van der Waals surface area contributed by atoms with Crippen LogP contribution in [0, 0.1) is 17.8 Å². The van der Waals surface area contributed by atoms with Crippen molar-refractivity contribution in [2.45, 2.75) is 32.6 Å². The average molecular weight is 214 g/mol. The highest BCUT2D eigenvalue weighted by Crippen LogP contribution is 2.40. The zero-order chi connectivity index (χ0) is 11.1. The van der Waals surface area contributed by atoms with Crippen LogP contribution in [0.1, 0.15) is 30.9 Å². The van der Waals surface area contributed by atoms with Gasteiger partial charge in [-0.2, -0.15) is 0 Å². The summed E-state index contributed by atoms with van der Waals surface area (Å²) in [5.41, 5.74) is 2.78. The van der Waals surface area contributed by atoms with Gasteiger partial charge in [0.05, 0.1) is 0 Å². The van der Waals surface area contributed by atoms with E-state index in [-0.39, 0.29) is 5.92 Å². The number of Topliss-reactive ketones (excluding diaryl/α,β-unsaturated/α-hetero) is 1. The lowest BCUT2D eigenvalue weighted by atomic mass is 9.89. The highest BCUT2D eigenvalue weighted by molar-refractivity contribution is 5.85. The molecule has 1 atom stereocenters. The Labute approximate surface area is 96.9 Å². The molecule has 1 fully saturated rings. The van der Waals surface area contributed by atoms with Gasteiger partial charge in [0.15, 0.2) is 0 Å². The van der Waals surface area contributed by atoms with Gasteiger partial charge < -0.3 is 0 Å². The summed E-state index contributed by atoms with van der Waals surface area (Å²) >= 11 is 0. The van der Waals surface area contributed by atoms with Crippen LogP contribution in [-0.2, 0) is 17.6 Å². The molecule has 0 amide bonds. The number of rotatable bonds is 3. The first-order valence-electron chi connectivity index (χ1n) is 6.36. The fraction of sp³-hybridized carbons (Fsp3) is 0.533. The van der Waals surface area contributed by atoms with Gasteiger partial charge in [0.2, 0.25) is 0 Å². The predicted octanol–water partition coefficient (Wildman–Crippen LogP) is 3.02. The number of ketones is 1. The van der Waals surface area contributed by atoms with E-state index >= 15 is 0 Å². The van der Waals surface area contributed by atoms with E-state index in [1.807, 2.05) is 0 Å². The number of hydrogen-bond acceptors (Lipinski definition) is 1. The van der Waals surface area contributed by atoms with Crippen molar-refractivity contribution in [2.24, 2.45) is 17.8 Å². The van der Waals surface area contributed by atoms with Gasteiger partial charge in [-0.15, -0.1) is 0 Å². The Morgan fingerprint density at radius 2 is 1.75 bits per heavy atom. The van der Waals surface area contributed by atoms with E-state index in [1.54, 1.807) is 0 Å². The Morgan fingerprint density at radius 3 is 2.25 bits per heavy atom. The maximum Gasteiger partial charge on any atom is 0.139 e. The molecule has 0 aromatic heterocycles. The van der Waals surface area contributed by atoms with Crippen LogP contribution in [0.4, 0.5) is 0 Å². The molecule has 2 aliphatic rings. The van der Waals surface area contributed by atoms with Crippen LogP contribution in [0.25, 0.3) is 0 Å². The highest BCUT2D eigenvalue weighted by atomic mass is 16.1. The quantitative estimate of drug-likeness (QED) is 0.756. The van der Waals surface area contributed by atoms with Gasteiger partial charge in [0.1, 0.15) is 5.78 Å². The van der Waals surface area contributed by atoms with Crippen LogP contribution in [0.5, 0.6) is 0 Å². The minimum absolute atomic E-state index is 0.271. The van der Waals surface area contributed by atoms with Crippen LogP contribution in [0.2, 0.25) is 0 Å². The molecule has 0 N–H and O–H groups in total. The Hall–Kier alpha value is -1.11. The minimum Gasteiger partial charge on any atom is -0.299 e. The summed E-state index contributed by atoms with van der Waals surface area (Å²) in [6.07, 6.45) is 4.50. The molecular formula is C15H18O. The van der Waals surface area contributed by atoms with E-state index in [0.29, 0.717) is 17.6 Å². The summed E-state index contributed by atoms with van der Waals surface area (Å²) in [6, 6.07) is 8.50.